The minimum absolute atomic E-state index is 0.105. The molecule has 4 rings (SSSR count). The standard InChI is InChI=1S/C19H19FN6O/c20-15-5-1-6-16(10-15)24-19(27)14-4-2-8-25(12-14)17-11-18(22-13-21-17)26-9-3-7-23-26/h1,3,5-7,9-11,13-14H,2,4,8,12H2,(H,24,27). The Bertz CT molecular complexity index is 929. The van der Waals surface area contributed by atoms with Crippen molar-refractivity contribution in [2.45, 2.75) is 12.8 Å². The molecule has 0 spiro atoms. The Morgan fingerprint density at radius 2 is 2.07 bits per heavy atom. The van der Waals surface area contributed by atoms with Crippen LogP contribution in [0.25, 0.3) is 5.82 Å². The number of halogens is 1. The summed E-state index contributed by atoms with van der Waals surface area (Å²) >= 11 is 0. The Balaban J connectivity index is 1.46. The van der Waals surface area contributed by atoms with Crippen molar-refractivity contribution in [3.63, 3.8) is 0 Å². The number of amides is 1. The van der Waals surface area contributed by atoms with Gasteiger partial charge in [-0.15, -0.1) is 0 Å². The highest BCUT2D eigenvalue weighted by Gasteiger charge is 2.27. The highest BCUT2D eigenvalue weighted by atomic mass is 19.1. The first kappa shape index (κ1) is 17.1. The predicted molar refractivity (Wildman–Crippen MR) is 99.1 cm³/mol. The molecule has 27 heavy (non-hydrogen) atoms. The summed E-state index contributed by atoms with van der Waals surface area (Å²) in [6.07, 6.45) is 6.67. The van der Waals surface area contributed by atoms with Crippen molar-refractivity contribution >= 4 is 17.4 Å². The minimum atomic E-state index is -0.370. The largest absolute Gasteiger partial charge is 0.356 e. The van der Waals surface area contributed by atoms with Crippen molar-refractivity contribution in [3.8, 4) is 5.82 Å². The van der Waals surface area contributed by atoms with E-state index in [0.717, 1.165) is 25.2 Å². The number of nitrogens with zero attached hydrogens (tertiary/aromatic N) is 5. The van der Waals surface area contributed by atoms with E-state index < -0.39 is 0 Å². The van der Waals surface area contributed by atoms with Crippen LogP contribution in [0.15, 0.2) is 55.1 Å². The summed E-state index contributed by atoms with van der Waals surface area (Å²) in [4.78, 5) is 23.3. The van der Waals surface area contributed by atoms with Gasteiger partial charge in [-0.25, -0.2) is 19.0 Å². The zero-order chi connectivity index (χ0) is 18.6. The van der Waals surface area contributed by atoms with Crippen LogP contribution in [0.2, 0.25) is 0 Å². The number of anilines is 2. The van der Waals surface area contributed by atoms with Gasteiger partial charge in [-0.2, -0.15) is 5.10 Å². The molecule has 1 unspecified atom stereocenters. The molecule has 1 aromatic carbocycles. The molecule has 3 aromatic rings. The molecule has 0 radical (unpaired) electrons. The minimum Gasteiger partial charge on any atom is -0.356 e. The third-order valence-corrected chi connectivity index (χ3v) is 4.59. The van der Waals surface area contributed by atoms with E-state index in [1.54, 1.807) is 23.0 Å². The van der Waals surface area contributed by atoms with Crippen LogP contribution in [0, 0.1) is 11.7 Å². The van der Waals surface area contributed by atoms with Gasteiger partial charge in [0.25, 0.3) is 0 Å². The van der Waals surface area contributed by atoms with Gasteiger partial charge in [-0.3, -0.25) is 4.79 Å². The molecular formula is C19H19FN6O. The van der Waals surface area contributed by atoms with Crippen LogP contribution >= 0.6 is 0 Å². The van der Waals surface area contributed by atoms with Gasteiger partial charge in [0.15, 0.2) is 5.82 Å². The zero-order valence-corrected chi connectivity index (χ0v) is 14.6. The number of benzene rings is 1. The van der Waals surface area contributed by atoms with Gasteiger partial charge in [0.1, 0.15) is 18.0 Å². The number of carbonyl (C=O) groups excluding carboxylic acids is 1. The maximum atomic E-state index is 13.3. The molecule has 1 saturated heterocycles. The van der Waals surface area contributed by atoms with E-state index >= 15 is 0 Å². The van der Waals surface area contributed by atoms with Gasteiger partial charge in [0, 0.05) is 37.2 Å². The molecule has 1 aliphatic heterocycles. The Morgan fingerprint density at radius 1 is 1.19 bits per heavy atom. The molecule has 2 aromatic heterocycles. The number of hydrogen-bond acceptors (Lipinski definition) is 5. The quantitative estimate of drug-likeness (QED) is 0.768. The van der Waals surface area contributed by atoms with E-state index in [0.29, 0.717) is 18.1 Å². The molecule has 3 heterocycles. The van der Waals surface area contributed by atoms with E-state index in [-0.39, 0.29) is 17.6 Å². The number of piperidine rings is 1. The maximum Gasteiger partial charge on any atom is 0.229 e. The first-order valence-electron chi connectivity index (χ1n) is 8.82. The number of nitrogens with one attached hydrogen (secondary N) is 1. The summed E-state index contributed by atoms with van der Waals surface area (Å²) in [6.45, 7) is 1.37. The summed E-state index contributed by atoms with van der Waals surface area (Å²) in [7, 11) is 0. The van der Waals surface area contributed by atoms with Crippen molar-refractivity contribution in [2.75, 3.05) is 23.3 Å². The van der Waals surface area contributed by atoms with Crippen LogP contribution in [0.5, 0.6) is 0 Å². The molecule has 1 N–H and O–H groups in total. The van der Waals surface area contributed by atoms with E-state index in [9.17, 15) is 9.18 Å². The molecule has 0 bridgehead atoms. The smallest absolute Gasteiger partial charge is 0.229 e. The van der Waals surface area contributed by atoms with E-state index in [1.807, 2.05) is 18.3 Å². The van der Waals surface area contributed by atoms with Gasteiger partial charge in [0.05, 0.1) is 5.92 Å². The van der Waals surface area contributed by atoms with Crippen LogP contribution in [0.1, 0.15) is 12.8 Å². The lowest BCUT2D eigenvalue weighted by Crippen LogP contribution is -2.41. The monoisotopic (exact) mass is 366 g/mol. The Labute approximate surface area is 155 Å². The van der Waals surface area contributed by atoms with Gasteiger partial charge in [-0.1, -0.05) is 6.07 Å². The fourth-order valence-electron chi connectivity index (χ4n) is 3.25. The van der Waals surface area contributed by atoms with Crippen molar-refractivity contribution in [2.24, 2.45) is 5.92 Å². The molecular weight excluding hydrogens is 347 g/mol. The summed E-state index contributed by atoms with van der Waals surface area (Å²) < 4.78 is 15.0. The first-order valence-corrected chi connectivity index (χ1v) is 8.82. The van der Waals surface area contributed by atoms with Gasteiger partial charge in [-0.05, 0) is 37.1 Å². The normalized spacial score (nSPS) is 16.9. The second kappa shape index (κ2) is 7.53. The molecule has 138 valence electrons. The van der Waals surface area contributed by atoms with Gasteiger partial charge in [0.2, 0.25) is 5.91 Å². The second-order valence-corrected chi connectivity index (χ2v) is 6.47. The number of hydrogen-bond donors (Lipinski definition) is 1. The van der Waals surface area contributed by atoms with E-state index in [2.05, 4.69) is 25.3 Å². The molecule has 0 saturated carbocycles. The molecule has 1 aliphatic rings. The van der Waals surface area contributed by atoms with Crippen LogP contribution in [-0.4, -0.2) is 38.7 Å². The first-order chi connectivity index (χ1) is 13.2. The second-order valence-electron chi connectivity index (χ2n) is 6.47. The Morgan fingerprint density at radius 3 is 2.89 bits per heavy atom. The average molecular weight is 366 g/mol. The van der Waals surface area contributed by atoms with Gasteiger partial charge >= 0.3 is 0 Å². The lowest BCUT2D eigenvalue weighted by Gasteiger charge is -2.32. The lowest BCUT2D eigenvalue weighted by atomic mass is 9.97. The molecule has 8 heteroatoms. The summed E-state index contributed by atoms with van der Waals surface area (Å²) in [5.74, 6) is 0.775. The van der Waals surface area contributed by atoms with Crippen molar-refractivity contribution in [1.29, 1.82) is 0 Å². The molecule has 7 nitrogen and oxygen atoms in total. The van der Waals surface area contributed by atoms with Crippen LogP contribution in [0.3, 0.4) is 0 Å². The third-order valence-electron chi connectivity index (χ3n) is 4.59. The lowest BCUT2D eigenvalue weighted by molar-refractivity contribution is -0.120. The van der Waals surface area contributed by atoms with Crippen molar-refractivity contribution < 1.29 is 9.18 Å². The number of carbonyl (C=O) groups is 1. The van der Waals surface area contributed by atoms with E-state index in [1.165, 1.54) is 18.5 Å². The highest BCUT2D eigenvalue weighted by molar-refractivity contribution is 5.93. The third kappa shape index (κ3) is 3.94. The van der Waals surface area contributed by atoms with Gasteiger partial charge < -0.3 is 10.2 Å². The molecule has 1 fully saturated rings. The molecule has 0 aliphatic carbocycles. The Kier molecular flexibility index (Phi) is 4.78. The highest BCUT2D eigenvalue weighted by Crippen LogP contribution is 2.23. The summed E-state index contributed by atoms with van der Waals surface area (Å²) in [5, 5.41) is 6.99. The summed E-state index contributed by atoms with van der Waals surface area (Å²) in [6, 6.07) is 9.62. The topological polar surface area (TPSA) is 75.9 Å². The van der Waals surface area contributed by atoms with Crippen molar-refractivity contribution in [3.05, 3.63) is 60.9 Å². The van der Waals surface area contributed by atoms with Crippen LogP contribution in [0.4, 0.5) is 15.9 Å². The zero-order valence-electron chi connectivity index (χ0n) is 14.6. The Hall–Kier alpha value is -3.29. The SMILES string of the molecule is O=C(Nc1cccc(F)c1)C1CCCN(c2cc(-n3cccn3)ncn2)C1. The fraction of sp³-hybridized carbons (Fsp3) is 0.263. The van der Waals surface area contributed by atoms with Crippen molar-refractivity contribution in [1.82, 2.24) is 19.7 Å². The average Bonchev–Trinajstić information content (AvgIpc) is 3.23. The predicted octanol–water partition coefficient (Wildman–Crippen LogP) is 2.66. The number of rotatable bonds is 4. The molecule has 1 amide bonds. The maximum absolute atomic E-state index is 13.3. The van der Waals surface area contributed by atoms with Crippen LogP contribution < -0.4 is 10.2 Å². The van der Waals surface area contributed by atoms with Crippen LogP contribution in [-0.2, 0) is 4.79 Å². The fourth-order valence-corrected chi connectivity index (χ4v) is 3.25. The molecule has 1 atom stereocenters. The van der Waals surface area contributed by atoms with E-state index in [4.69, 9.17) is 0 Å². The number of aromatic nitrogens is 4. The summed E-state index contributed by atoms with van der Waals surface area (Å²) in [5.41, 5.74) is 0.472.